The van der Waals surface area contributed by atoms with Crippen molar-refractivity contribution in [3.05, 3.63) is 0 Å². The molecule has 4 heteroatoms. The first-order valence-corrected chi connectivity index (χ1v) is 3.40. The van der Waals surface area contributed by atoms with Gasteiger partial charge in [0.1, 0.15) is 6.61 Å². The summed E-state index contributed by atoms with van der Waals surface area (Å²) in [5.74, 6) is 0.208. The Bertz CT molecular complexity index is 82.5. The molecule has 0 radical (unpaired) electrons. The van der Waals surface area contributed by atoms with Gasteiger partial charge in [-0.25, -0.2) is 0 Å². The molecule has 0 saturated carbocycles. The van der Waals surface area contributed by atoms with Gasteiger partial charge >= 0.3 is 0 Å². The van der Waals surface area contributed by atoms with Crippen LogP contribution in [0.2, 0.25) is 0 Å². The maximum Gasteiger partial charge on any atom is 0.158 e. The molecule has 0 aromatic carbocycles. The van der Waals surface area contributed by atoms with Crippen molar-refractivity contribution in [2.24, 2.45) is 0 Å². The number of carbonyl (C=O) groups is 1. The molecule has 0 aliphatic heterocycles. The minimum Gasteiger partial charge on any atom is -0.412 e. The second-order valence-corrected chi connectivity index (χ2v) is 1.93. The van der Waals surface area contributed by atoms with Gasteiger partial charge in [0.05, 0.1) is 0 Å². The molecule has 0 aromatic rings. The lowest BCUT2D eigenvalue weighted by Crippen LogP contribution is -2.07. The minimum atomic E-state index is 0. The van der Waals surface area contributed by atoms with E-state index in [0.29, 0.717) is 19.6 Å². The molecule has 0 saturated heterocycles. The fourth-order valence-corrected chi connectivity index (χ4v) is 0.567. The van der Waals surface area contributed by atoms with Gasteiger partial charge < -0.3 is 15.7 Å². The normalized spacial score (nSPS) is 7.82. The average Bonchev–Trinajstić information content (AvgIpc) is 1.85. The molecule has 0 aromatic heterocycles. The highest BCUT2D eigenvalue weighted by Gasteiger charge is 1.96. The molecular formula is C7H18O4. The summed E-state index contributed by atoms with van der Waals surface area (Å²) in [7, 11) is 0. The maximum atomic E-state index is 10.7. The van der Waals surface area contributed by atoms with Crippen LogP contribution in [0.25, 0.3) is 0 Å². The summed E-state index contributed by atoms with van der Waals surface area (Å²) in [6, 6.07) is 0. The zero-order valence-corrected chi connectivity index (χ0v) is 7.14. The van der Waals surface area contributed by atoms with E-state index in [1.165, 1.54) is 0 Å². The third-order valence-corrected chi connectivity index (χ3v) is 0.996. The van der Waals surface area contributed by atoms with Crippen molar-refractivity contribution in [1.82, 2.24) is 0 Å². The zero-order chi connectivity index (χ0) is 7.11. The first kappa shape index (κ1) is 16.9. The van der Waals surface area contributed by atoms with Crippen LogP contribution in [0.4, 0.5) is 0 Å². The Balaban J connectivity index is -0.000000320. The van der Waals surface area contributed by atoms with E-state index in [4.69, 9.17) is 4.74 Å². The molecule has 4 N–H and O–H groups in total. The van der Waals surface area contributed by atoms with Crippen LogP contribution in [0.5, 0.6) is 0 Å². The van der Waals surface area contributed by atoms with Crippen molar-refractivity contribution >= 4 is 5.78 Å². The van der Waals surface area contributed by atoms with E-state index in [9.17, 15) is 4.79 Å². The predicted octanol–water partition coefficient (Wildman–Crippen LogP) is -0.257. The van der Waals surface area contributed by atoms with Gasteiger partial charge in [0.15, 0.2) is 5.78 Å². The molecule has 0 aliphatic rings. The van der Waals surface area contributed by atoms with Crippen molar-refractivity contribution in [2.75, 3.05) is 13.2 Å². The Labute approximate surface area is 67.2 Å². The van der Waals surface area contributed by atoms with E-state index < -0.39 is 0 Å². The number of Topliss-reactive ketones (excluding diaryl/α,β-unsaturated/α-hetero) is 1. The van der Waals surface area contributed by atoms with Crippen LogP contribution in [0.15, 0.2) is 0 Å². The Kier molecular flexibility index (Phi) is 18.8. The molecule has 70 valence electrons. The molecule has 0 heterocycles. The fourth-order valence-electron chi connectivity index (χ4n) is 0.567. The number of hydrogen-bond donors (Lipinski definition) is 0. The van der Waals surface area contributed by atoms with Crippen molar-refractivity contribution in [2.45, 2.75) is 26.7 Å². The molecule has 11 heavy (non-hydrogen) atoms. The predicted molar refractivity (Wildman–Crippen MR) is 43.6 cm³/mol. The number of ketones is 1. The van der Waals surface area contributed by atoms with Crippen molar-refractivity contribution < 1.29 is 20.5 Å². The average molecular weight is 166 g/mol. The smallest absolute Gasteiger partial charge is 0.158 e. The highest BCUT2D eigenvalue weighted by Crippen LogP contribution is 1.88. The first-order valence-electron chi connectivity index (χ1n) is 3.40. The van der Waals surface area contributed by atoms with Crippen LogP contribution in [0.1, 0.15) is 26.7 Å². The van der Waals surface area contributed by atoms with Gasteiger partial charge in [0, 0.05) is 13.0 Å². The van der Waals surface area contributed by atoms with Crippen LogP contribution in [0, 0.1) is 0 Å². The van der Waals surface area contributed by atoms with Crippen molar-refractivity contribution in [3.8, 4) is 0 Å². The van der Waals surface area contributed by atoms with Crippen LogP contribution in [-0.2, 0) is 9.53 Å². The molecule has 0 bridgehead atoms. The number of carbonyl (C=O) groups excluding carboxylic acids is 1. The quantitative estimate of drug-likeness (QED) is 0.563. The zero-order valence-electron chi connectivity index (χ0n) is 7.14. The molecule has 0 fully saturated rings. The SMILES string of the molecule is CCCC(=O)COCC.O.O. The Morgan fingerprint density at radius 2 is 1.82 bits per heavy atom. The summed E-state index contributed by atoms with van der Waals surface area (Å²) in [6.07, 6.45) is 1.58. The third kappa shape index (κ3) is 12.7. The summed E-state index contributed by atoms with van der Waals surface area (Å²) in [5, 5.41) is 0. The van der Waals surface area contributed by atoms with Crippen LogP contribution in [0.3, 0.4) is 0 Å². The molecule has 0 rings (SSSR count). The van der Waals surface area contributed by atoms with Crippen LogP contribution >= 0.6 is 0 Å². The largest absolute Gasteiger partial charge is 0.412 e. The summed E-state index contributed by atoms with van der Waals surface area (Å²) >= 11 is 0. The Morgan fingerprint density at radius 3 is 2.18 bits per heavy atom. The highest BCUT2D eigenvalue weighted by atomic mass is 16.5. The van der Waals surface area contributed by atoms with E-state index in [0.717, 1.165) is 6.42 Å². The van der Waals surface area contributed by atoms with Gasteiger partial charge in [-0.2, -0.15) is 0 Å². The van der Waals surface area contributed by atoms with E-state index in [1.807, 2.05) is 13.8 Å². The van der Waals surface area contributed by atoms with Crippen molar-refractivity contribution in [1.29, 1.82) is 0 Å². The molecule has 0 unspecified atom stereocenters. The molecule has 0 aliphatic carbocycles. The van der Waals surface area contributed by atoms with Crippen LogP contribution in [-0.4, -0.2) is 29.9 Å². The van der Waals surface area contributed by atoms with Gasteiger partial charge in [-0.15, -0.1) is 0 Å². The molecular weight excluding hydrogens is 148 g/mol. The number of ether oxygens (including phenoxy) is 1. The highest BCUT2D eigenvalue weighted by molar-refractivity contribution is 5.79. The molecule has 4 nitrogen and oxygen atoms in total. The van der Waals surface area contributed by atoms with Gasteiger partial charge in [0.25, 0.3) is 0 Å². The lowest BCUT2D eigenvalue weighted by atomic mass is 10.2. The molecule has 0 spiro atoms. The summed E-state index contributed by atoms with van der Waals surface area (Å²) in [4.78, 5) is 10.7. The first-order chi connectivity index (χ1) is 4.31. The van der Waals surface area contributed by atoms with Gasteiger partial charge in [-0.1, -0.05) is 6.92 Å². The Morgan fingerprint density at radius 1 is 1.27 bits per heavy atom. The summed E-state index contributed by atoms with van der Waals surface area (Å²) in [5.41, 5.74) is 0. The molecule has 0 amide bonds. The second kappa shape index (κ2) is 12.2. The van der Waals surface area contributed by atoms with Crippen LogP contribution < -0.4 is 0 Å². The summed E-state index contributed by atoms with van der Waals surface area (Å²) in [6.45, 7) is 4.81. The van der Waals surface area contributed by atoms with E-state index >= 15 is 0 Å². The molecule has 0 atom stereocenters. The topological polar surface area (TPSA) is 89.3 Å². The van der Waals surface area contributed by atoms with E-state index in [1.54, 1.807) is 0 Å². The van der Waals surface area contributed by atoms with Gasteiger partial charge in [0.2, 0.25) is 0 Å². The Hall–Kier alpha value is -0.450. The number of hydrogen-bond acceptors (Lipinski definition) is 2. The standard InChI is InChI=1S/C7H14O2.2H2O/c1-3-5-7(8)6-9-4-2;;/h3-6H2,1-2H3;2*1H2. The maximum absolute atomic E-state index is 10.7. The van der Waals surface area contributed by atoms with E-state index in [2.05, 4.69) is 0 Å². The van der Waals surface area contributed by atoms with Gasteiger partial charge in [-0.3, -0.25) is 4.79 Å². The lowest BCUT2D eigenvalue weighted by Gasteiger charge is -1.96. The lowest BCUT2D eigenvalue weighted by molar-refractivity contribution is -0.123. The second-order valence-electron chi connectivity index (χ2n) is 1.93. The fraction of sp³-hybridized carbons (Fsp3) is 0.857. The van der Waals surface area contributed by atoms with Gasteiger partial charge in [-0.05, 0) is 13.3 Å². The minimum absolute atomic E-state index is 0. The van der Waals surface area contributed by atoms with Crippen molar-refractivity contribution in [3.63, 3.8) is 0 Å². The third-order valence-electron chi connectivity index (χ3n) is 0.996. The van der Waals surface area contributed by atoms with E-state index in [-0.39, 0.29) is 16.7 Å². The monoisotopic (exact) mass is 166 g/mol. The summed E-state index contributed by atoms with van der Waals surface area (Å²) < 4.78 is 4.90. The number of rotatable bonds is 5.